The molecule has 0 radical (unpaired) electrons. The number of morpholine rings is 1. The van der Waals surface area contributed by atoms with Crippen LogP contribution in [-0.2, 0) is 4.74 Å². The molecule has 7 nitrogen and oxygen atoms in total. The van der Waals surface area contributed by atoms with Crippen molar-refractivity contribution in [1.82, 2.24) is 19.6 Å². The molecule has 152 valence electrons. The van der Waals surface area contributed by atoms with Gasteiger partial charge in [-0.05, 0) is 18.2 Å². The van der Waals surface area contributed by atoms with Gasteiger partial charge in [-0.1, -0.05) is 29.8 Å². The fraction of sp³-hybridized carbons (Fsp3) is 0.333. The number of methoxy groups -OCH3 is 1. The molecule has 1 amide bonds. The number of amides is 1. The molecule has 0 aliphatic carbocycles. The highest BCUT2D eigenvalue weighted by molar-refractivity contribution is 6.30. The van der Waals surface area contributed by atoms with E-state index in [1.54, 1.807) is 36.0 Å². The number of carbonyl (C=O) groups excluding carboxylic acids is 1. The molecular formula is C21H23ClN4O3. The number of pyridine rings is 1. The summed E-state index contributed by atoms with van der Waals surface area (Å²) in [6.45, 7) is 3.38. The number of imidazole rings is 1. The van der Waals surface area contributed by atoms with Crippen molar-refractivity contribution in [3.05, 3.63) is 65.1 Å². The molecule has 1 N–H and O–H groups in total. The van der Waals surface area contributed by atoms with Crippen LogP contribution in [0.1, 0.15) is 22.1 Å². The SMILES string of the molecule is COc1ccccc1[C@H](CNC(=O)c1cn2cc(Cl)ccc2n1)N1CCOCC1. The van der Waals surface area contributed by atoms with Gasteiger partial charge in [0.25, 0.3) is 5.91 Å². The highest BCUT2D eigenvalue weighted by atomic mass is 35.5. The van der Waals surface area contributed by atoms with Gasteiger partial charge in [-0.25, -0.2) is 4.98 Å². The number of benzene rings is 1. The van der Waals surface area contributed by atoms with Crippen LogP contribution in [0.4, 0.5) is 0 Å². The highest BCUT2D eigenvalue weighted by Crippen LogP contribution is 2.29. The van der Waals surface area contributed by atoms with Crippen molar-refractivity contribution in [2.24, 2.45) is 0 Å². The van der Waals surface area contributed by atoms with Gasteiger partial charge >= 0.3 is 0 Å². The molecule has 0 bridgehead atoms. The highest BCUT2D eigenvalue weighted by Gasteiger charge is 2.26. The Labute approximate surface area is 174 Å². The fourth-order valence-electron chi connectivity index (χ4n) is 3.62. The van der Waals surface area contributed by atoms with Crippen LogP contribution in [0.15, 0.2) is 48.8 Å². The van der Waals surface area contributed by atoms with Gasteiger partial charge in [0.05, 0.1) is 31.4 Å². The first kappa shape index (κ1) is 19.7. The normalized spacial score (nSPS) is 15.9. The van der Waals surface area contributed by atoms with Gasteiger partial charge < -0.3 is 19.2 Å². The van der Waals surface area contributed by atoms with Crippen LogP contribution in [0.3, 0.4) is 0 Å². The summed E-state index contributed by atoms with van der Waals surface area (Å²) < 4.78 is 12.8. The van der Waals surface area contributed by atoms with E-state index in [1.165, 1.54) is 0 Å². The Morgan fingerprint density at radius 3 is 2.83 bits per heavy atom. The minimum absolute atomic E-state index is 0.0227. The molecule has 0 spiro atoms. The molecule has 4 rings (SSSR count). The number of halogens is 1. The molecule has 0 unspecified atom stereocenters. The van der Waals surface area contributed by atoms with Gasteiger partial charge in [-0.3, -0.25) is 9.69 Å². The molecule has 3 aromatic rings. The standard InChI is InChI=1S/C21H23ClN4O3/c1-28-19-5-3-2-4-16(19)18(25-8-10-29-11-9-25)12-23-21(27)17-14-26-13-15(22)6-7-20(26)24-17/h2-7,13-14,18H,8-12H2,1H3,(H,23,27)/t18-/m0/s1. The summed E-state index contributed by atoms with van der Waals surface area (Å²) in [5.74, 6) is 0.582. The average Bonchev–Trinajstić information content (AvgIpc) is 3.18. The third-order valence-corrected chi connectivity index (χ3v) is 5.31. The fourth-order valence-corrected chi connectivity index (χ4v) is 3.79. The first-order valence-corrected chi connectivity index (χ1v) is 9.90. The molecular weight excluding hydrogens is 392 g/mol. The first-order valence-electron chi connectivity index (χ1n) is 9.53. The van der Waals surface area contributed by atoms with E-state index in [4.69, 9.17) is 21.1 Å². The molecule has 1 aliphatic heterocycles. The summed E-state index contributed by atoms with van der Waals surface area (Å²) in [4.78, 5) is 19.5. The van der Waals surface area contributed by atoms with Crippen LogP contribution in [0.2, 0.25) is 5.02 Å². The molecule has 29 heavy (non-hydrogen) atoms. The lowest BCUT2D eigenvalue weighted by atomic mass is 10.0. The Kier molecular flexibility index (Phi) is 5.99. The van der Waals surface area contributed by atoms with E-state index in [9.17, 15) is 4.79 Å². The Hall–Kier alpha value is -2.61. The van der Waals surface area contributed by atoms with Crippen molar-refractivity contribution in [2.75, 3.05) is 40.0 Å². The van der Waals surface area contributed by atoms with E-state index in [-0.39, 0.29) is 11.9 Å². The number of para-hydroxylation sites is 1. The van der Waals surface area contributed by atoms with Crippen molar-refractivity contribution in [3.8, 4) is 5.75 Å². The summed E-state index contributed by atoms with van der Waals surface area (Å²) in [6.07, 6.45) is 3.41. The Bertz CT molecular complexity index is 1000. The van der Waals surface area contributed by atoms with Crippen LogP contribution in [0.5, 0.6) is 5.75 Å². The predicted molar refractivity (Wildman–Crippen MR) is 111 cm³/mol. The molecule has 1 aliphatic rings. The largest absolute Gasteiger partial charge is 0.496 e. The molecule has 3 heterocycles. The quantitative estimate of drug-likeness (QED) is 0.671. The van der Waals surface area contributed by atoms with E-state index >= 15 is 0 Å². The number of rotatable bonds is 6. The minimum Gasteiger partial charge on any atom is -0.496 e. The van der Waals surface area contributed by atoms with E-state index in [1.807, 2.05) is 24.3 Å². The average molecular weight is 415 g/mol. The van der Waals surface area contributed by atoms with E-state index in [0.717, 1.165) is 24.4 Å². The van der Waals surface area contributed by atoms with E-state index in [0.29, 0.717) is 36.1 Å². The predicted octanol–water partition coefficient (Wildman–Crippen LogP) is 2.80. The van der Waals surface area contributed by atoms with Gasteiger partial charge in [0, 0.05) is 37.6 Å². The zero-order valence-corrected chi connectivity index (χ0v) is 16.9. The zero-order valence-electron chi connectivity index (χ0n) is 16.2. The van der Waals surface area contributed by atoms with Crippen molar-refractivity contribution in [1.29, 1.82) is 0 Å². The maximum absolute atomic E-state index is 12.8. The van der Waals surface area contributed by atoms with Gasteiger partial charge in [-0.2, -0.15) is 0 Å². The molecule has 8 heteroatoms. The van der Waals surface area contributed by atoms with Gasteiger partial charge in [0.1, 0.15) is 17.1 Å². The third-order valence-electron chi connectivity index (χ3n) is 5.09. The summed E-state index contributed by atoms with van der Waals surface area (Å²) in [5, 5.41) is 3.62. The molecule has 1 fully saturated rings. The lowest BCUT2D eigenvalue weighted by Crippen LogP contribution is -2.44. The molecule has 0 saturated carbocycles. The van der Waals surface area contributed by atoms with Gasteiger partial charge in [0.2, 0.25) is 0 Å². The zero-order chi connectivity index (χ0) is 20.2. The molecule has 1 saturated heterocycles. The number of nitrogens with one attached hydrogen (secondary N) is 1. The van der Waals surface area contributed by atoms with Gasteiger partial charge in [-0.15, -0.1) is 0 Å². The molecule has 2 aromatic heterocycles. The Balaban J connectivity index is 1.54. The van der Waals surface area contributed by atoms with Crippen LogP contribution < -0.4 is 10.1 Å². The lowest BCUT2D eigenvalue weighted by Gasteiger charge is -2.35. The van der Waals surface area contributed by atoms with Crippen LogP contribution in [0, 0.1) is 0 Å². The van der Waals surface area contributed by atoms with Crippen molar-refractivity contribution < 1.29 is 14.3 Å². The second-order valence-corrected chi connectivity index (χ2v) is 7.29. The van der Waals surface area contributed by atoms with Crippen LogP contribution in [0.25, 0.3) is 5.65 Å². The van der Waals surface area contributed by atoms with E-state index in [2.05, 4.69) is 15.2 Å². The Morgan fingerprint density at radius 2 is 2.03 bits per heavy atom. The van der Waals surface area contributed by atoms with E-state index < -0.39 is 0 Å². The lowest BCUT2D eigenvalue weighted by molar-refractivity contribution is 0.0157. The number of fused-ring (bicyclic) bond motifs is 1. The van der Waals surface area contributed by atoms with Crippen molar-refractivity contribution in [3.63, 3.8) is 0 Å². The maximum Gasteiger partial charge on any atom is 0.271 e. The smallest absolute Gasteiger partial charge is 0.271 e. The summed E-state index contributed by atoms with van der Waals surface area (Å²) in [6, 6.07) is 11.4. The summed E-state index contributed by atoms with van der Waals surface area (Å²) >= 11 is 6.02. The molecule has 1 aromatic carbocycles. The second kappa shape index (κ2) is 8.82. The van der Waals surface area contributed by atoms with Crippen LogP contribution >= 0.6 is 11.6 Å². The number of ether oxygens (including phenoxy) is 2. The maximum atomic E-state index is 12.8. The summed E-state index contributed by atoms with van der Waals surface area (Å²) in [5.41, 5.74) is 2.07. The number of nitrogens with zero attached hydrogens (tertiary/aromatic N) is 3. The summed E-state index contributed by atoms with van der Waals surface area (Å²) in [7, 11) is 1.66. The van der Waals surface area contributed by atoms with Crippen LogP contribution in [-0.4, -0.2) is 60.1 Å². The minimum atomic E-state index is -0.224. The second-order valence-electron chi connectivity index (χ2n) is 6.86. The monoisotopic (exact) mass is 414 g/mol. The number of hydrogen-bond acceptors (Lipinski definition) is 5. The van der Waals surface area contributed by atoms with Crippen molar-refractivity contribution >= 4 is 23.2 Å². The topological polar surface area (TPSA) is 68.1 Å². The molecule has 1 atom stereocenters. The van der Waals surface area contributed by atoms with Gasteiger partial charge in [0.15, 0.2) is 0 Å². The number of carbonyl (C=O) groups is 1. The van der Waals surface area contributed by atoms with Crippen molar-refractivity contribution in [2.45, 2.75) is 6.04 Å². The Morgan fingerprint density at radius 1 is 1.24 bits per heavy atom. The number of hydrogen-bond donors (Lipinski definition) is 1. The third kappa shape index (κ3) is 4.37. The first-order chi connectivity index (χ1) is 14.2. The number of aromatic nitrogens is 2.